The highest BCUT2D eigenvalue weighted by molar-refractivity contribution is 5.56. The minimum absolute atomic E-state index is 0.138. The Balaban J connectivity index is 2.18. The summed E-state index contributed by atoms with van der Waals surface area (Å²) in [5.74, 6) is 0.457. The molecule has 0 saturated carbocycles. The van der Waals surface area contributed by atoms with Gasteiger partial charge in [0.05, 0.1) is 24.4 Å². The molecule has 2 aromatic rings. The van der Waals surface area contributed by atoms with Gasteiger partial charge in [0.25, 0.3) is 0 Å². The zero-order valence-electron chi connectivity index (χ0n) is 12.0. The Morgan fingerprint density at radius 3 is 2.79 bits per heavy atom. The summed E-state index contributed by atoms with van der Waals surface area (Å²) >= 11 is 0. The Labute approximate surface area is 114 Å². The highest BCUT2D eigenvalue weighted by atomic mass is 15.3. The van der Waals surface area contributed by atoms with E-state index >= 15 is 0 Å². The van der Waals surface area contributed by atoms with E-state index in [-0.39, 0.29) is 6.04 Å². The second kappa shape index (κ2) is 6.02. The van der Waals surface area contributed by atoms with Gasteiger partial charge in [0.15, 0.2) is 0 Å². The average Bonchev–Trinajstić information content (AvgIpc) is 2.98. The highest BCUT2D eigenvalue weighted by Crippen LogP contribution is 2.19. The van der Waals surface area contributed by atoms with Gasteiger partial charge in [0, 0.05) is 30.9 Å². The Hall–Kier alpha value is -1.62. The van der Waals surface area contributed by atoms with E-state index in [4.69, 9.17) is 5.73 Å². The third-order valence-corrected chi connectivity index (χ3v) is 3.36. The van der Waals surface area contributed by atoms with Gasteiger partial charge in [0.1, 0.15) is 0 Å². The second-order valence-electron chi connectivity index (χ2n) is 5.33. The van der Waals surface area contributed by atoms with Crippen LogP contribution in [-0.2, 0) is 13.1 Å². The molecule has 0 aliphatic carbocycles. The molecule has 0 aliphatic rings. The van der Waals surface area contributed by atoms with E-state index in [1.807, 2.05) is 23.4 Å². The summed E-state index contributed by atoms with van der Waals surface area (Å²) < 4.78 is 4.08. The van der Waals surface area contributed by atoms with Gasteiger partial charge in [-0.05, 0) is 12.3 Å². The number of rotatable bonds is 6. The Bertz CT molecular complexity index is 511. The van der Waals surface area contributed by atoms with Crippen LogP contribution >= 0.6 is 0 Å². The Kier molecular flexibility index (Phi) is 4.37. The molecular weight excluding hydrogens is 238 g/mol. The molecule has 0 fully saturated rings. The molecule has 2 rings (SSSR count). The Morgan fingerprint density at radius 1 is 1.32 bits per heavy atom. The smallest absolute Gasteiger partial charge is 0.0951 e. The van der Waals surface area contributed by atoms with Crippen LogP contribution in [0.15, 0.2) is 24.9 Å². The minimum atomic E-state index is 0.138. The standard InChI is InChI=1S/C14H23N5/c1-4-5-19-8-12(6-17-19)14-7-16-10-18(14)9-13(15)11(2)3/h6-8,10-11,13H,4-5,9,15H2,1-3H3. The van der Waals surface area contributed by atoms with Gasteiger partial charge < -0.3 is 10.3 Å². The maximum atomic E-state index is 6.14. The summed E-state index contributed by atoms with van der Waals surface area (Å²) in [6.07, 6.45) is 8.76. The summed E-state index contributed by atoms with van der Waals surface area (Å²) in [7, 11) is 0. The number of imidazole rings is 1. The summed E-state index contributed by atoms with van der Waals surface area (Å²) in [6.45, 7) is 8.15. The van der Waals surface area contributed by atoms with E-state index in [0.717, 1.165) is 30.8 Å². The van der Waals surface area contributed by atoms with Crippen molar-refractivity contribution >= 4 is 0 Å². The van der Waals surface area contributed by atoms with Gasteiger partial charge in [0.2, 0.25) is 0 Å². The lowest BCUT2D eigenvalue weighted by atomic mass is 10.1. The summed E-state index contributed by atoms with van der Waals surface area (Å²) in [5, 5.41) is 4.36. The first-order chi connectivity index (χ1) is 9.11. The third kappa shape index (κ3) is 3.23. The number of hydrogen-bond donors (Lipinski definition) is 1. The predicted molar refractivity (Wildman–Crippen MR) is 76.6 cm³/mol. The lowest BCUT2D eigenvalue weighted by Crippen LogP contribution is -2.31. The van der Waals surface area contributed by atoms with Crippen molar-refractivity contribution in [2.75, 3.05) is 0 Å². The fraction of sp³-hybridized carbons (Fsp3) is 0.571. The van der Waals surface area contributed by atoms with E-state index in [0.29, 0.717) is 5.92 Å². The molecule has 19 heavy (non-hydrogen) atoms. The van der Waals surface area contributed by atoms with Crippen LogP contribution in [0.1, 0.15) is 27.2 Å². The van der Waals surface area contributed by atoms with Gasteiger partial charge in [-0.15, -0.1) is 0 Å². The van der Waals surface area contributed by atoms with Crippen LogP contribution in [0.25, 0.3) is 11.3 Å². The third-order valence-electron chi connectivity index (χ3n) is 3.36. The van der Waals surface area contributed by atoms with Gasteiger partial charge in [-0.2, -0.15) is 5.10 Å². The van der Waals surface area contributed by atoms with Crippen molar-refractivity contribution < 1.29 is 0 Å². The zero-order chi connectivity index (χ0) is 13.8. The van der Waals surface area contributed by atoms with Crippen LogP contribution in [0.2, 0.25) is 0 Å². The summed E-state index contributed by atoms with van der Waals surface area (Å²) in [4.78, 5) is 4.24. The highest BCUT2D eigenvalue weighted by Gasteiger charge is 2.12. The molecule has 5 heteroatoms. The molecule has 0 bridgehead atoms. The first-order valence-electron chi connectivity index (χ1n) is 6.90. The van der Waals surface area contributed by atoms with Crippen LogP contribution in [0.4, 0.5) is 0 Å². The fourth-order valence-electron chi connectivity index (χ4n) is 1.99. The van der Waals surface area contributed by atoms with E-state index in [1.165, 1.54) is 0 Å². The van der Waals surface area contributed by atoms with Crippen molar-refractivity contribution in [1.82, 2.24) is 19.3 Å². The van der Waals surface area contributed by atoms with Crippen LogP contribution in [0.3, 0.4) is 0 Å². The number of hydrogen-bond acceptors (Lipinski definition) is 3. The van der Waals surface area contributed by atoms with E-state index in [1.54, 1.807) is 0 Å². The molecule has 0 spiro atoms. The first kappa shape index (κ1) is 13.8. The molecule has 0 aromatic carbocycles. The van der Waals surface area contributed by atoms with E-state index < -0.39 is 0 Å². The molecule has 2 N–H and O–H groups in total. The molecule has 0 saturated heterocycles. The lowest BCUT2D eigenvalue weighted by molar-refractivity contribution is 0.435. The lowest BCUT2D eigenvalue weighted by Gasteiger charge is -2.17. The molecule has 104 valence electrons. The molecule has 5 nitrogen and oxygen atoms in total. The zero-order valence-corrected chi connectivity index (χ0v) is 12.0. The maximum Gasteiger partial charge on any atom is 0.0951 e. The summed E-state index contributed by atoms with van der Waals surface area (Å²) in [5.41, 5.74) is 8.32. The van der Waals surface area contributed by atoms with Crippen LogP contribution in [0, 0.1) is 5.92 Å². The van der Waals surface area contributed by atoms with E-state index in [9.17, 15) is 0 Å². The first-order valence-corrected chi connectivity index (χ1v) is 6.90. The minimum Gasteiger partial charge on any atom is -0.329 e. The van der Waals surface area contributed by atoms with Crippen molar-refractivity contribution in [2.24, 2.45) is 11.7 Å². The molecule has 2 heterocycles. The largest absolute Gasteiger partial charge is 0.329 e. The molecule has 1 unspecified atom stereocenters. The van der Waals surface area contributed by atoms with Crippen LogP contribution in [0.5, 0.6) is 0 Å². The Morgan fingerprint density at radius 2 is 2.11 bits per heavy atom. The van der Waals surface area contributed by atoms with Gasteiger partial charge >= 0.3 is 0 Å². The van der Waals surface area contributed by atoms with Crippen molar-refractivity contribution in [1.29, 1.82) is 0 Å². The quantitative estimate of drug-likeness (QED) is 0.866. The topological polar surface area (TPSA) is 61.7 Å². The monoisotopic (exact) mass is 261 g/mol. The molecule has 0 aliphatic heterocycles. The molecule has 1 atom stereocenters. The average molecular weight is 261 g/mol. The summed E-state index contributed by atoms with van der Waals surface area (Å²) in [6, 6.07) is 0.138. The fourth-order valence-corrected chi connectivity index (χ4v) is 1.99. The molecular formula is C14H23N5. The number of aryl methyl sites for hydroxylation is 1. The van der Waals surface area contributed by atoms with Gasteiger partial charge in [-0.25, -0.2) is 4.98 Å². The van der Waals surface area contributed by atoms with E-state index in [2.05, 4.69) is 41.6 Å². The van der Waals surface area contributed by atoms with Crippen molar-refractivity contribution in [3.05, 3.63) is 24.9 Å². The number of nitrogens with zero attached hydrogens (tertiary/aromatic N) is 4. The predicted octanol–water partition coefficient (Wildman–Crippen LogP) is 2.14. The molecule has 0 amide bonds. The van der Waals surface area contributed by atoms with Crippen LogP contribution in [-0.4, -0.2) is 25.4 Å². The molecule has 2 aromatic heterocycles. The van der Waals surface area contributed by atoms with Crippen molar-refractivity contribution in [2.45, 2.75) is 46.3 Å². The molecule has 0 radical (unpaired) electrons. The SMILES string of the molecule is CCCn1cc(-c2cncn2CC(N)C(C)C)cn1. The number of nitrogens with two attached hydrogens (primary N) is 1. The van der Waals surface area contributed by atoms with Gasteiger partial charge in [-0.3, -0.25) is 4.68 Å². The second-order valence-corrected chi connectivity index (χ2v) is 5.33. The van der Waals surface area contributed by atoms with Crippen molar-refractivity contribution in [3.63, 3.8) is 0 Å². The number of aromatic nitrogens is 4. The normalized spacial score (nSPS) is 13.1. The van der Waals surface area contributed by atoms with Gasteiger partial charge in [-0.1, -0.05) is 20.8 Å². The van der Waals surface area contributed by atoms with Crippen molar-refractivity contribution in [3.8, 4) is 11.3 Å². The van der Waals surface area contributed by atoms with Crippen LogP contribution < -0.4 is 5.73 Å². The maximum absolute atomic E-state index is 6.14.